The molecular weight excluding hydrogens is 452 g/mol. The molecule has 0 saturated heterocycles. The van der Waals surface area contributed by atoms with E-state index in [-0.39, 0.29) is 11.8 Å². The van der Waals surface area contributed by atoms with Crippen LogP contribution in [0.15, 0.2) is 18.2 Å². The predicted octanol–water partition coefficient (Wildman–Crippen LogP) is 2.05. The number of rotatable bonds is 6. The standard InChI is InChI=1S/C21H27ClN6O3S/c1-27(2)11-5-6-14-12(8-11)24-20(32-14)15-18(22)25-21(28(3)4)26-19(15)23-13-7-10(9-29)16(30)17(13)31/h5-6,8,10,13,16-17,29-31H,7,9H2,1-4H3,(H,23,25,26)/t10-,13-,16-,17+/m1/s1. The Morgan fingerprint density at radius 2 is 1.84 bits per heavy atom. The summed E-state index contributed by atoms with van der Waals surface area (Å²) in [7, 11) is 7.57. The summed E-state index contributed by atoms with van der Waals surface area (Å²) < 4.78 is 1.00. The highest BCUT2D eigenvalue weighted by Gasteiger charge is 2.41. The number of hydrogen-bond acceptors (Lipinski definition) is 10. The van der Waals surface area contributed by atoms with Gasteiger partial charge in [0.25, 0.3) is 0 Å². The molecule has 32 heavy (non-hydrogen) atoms. The fraction of sp³-hybridized carbons (Fsp3) is 0.476. The van der Waals surface area contributed by atoms with Gasteiger partial charge in [-0.2, -0.15) is 4.98 Å². The van der Waals surface area contributed by atoms with Gasteiger partial charge in [-0.3, -0.25) is 0 Å². The molecule has 1 fully saturated rings. The third-order valence-electron chi connectivity index (χ3n) is 5.71. The number of hydrogen-bond donors (Lipinski definition) is 4. The Bertz CT molecular complexity index is 1120. The Morgan fingerprint density at radius 3 is 2.47 bits per heavy atom. The molecule has 1 aliphatic carbocycles. The molecule has 0 bridgehead atoms. The van der Waals surface area contributed by atoms with Crippen LogP contribution in [0.25, 0.3) is 20.8 Å². The number of anilines is 3. The van der Waals surface area contributed by atoms with Gasteiger partial charge in [-0.25, -0.2) is 9.97 Å². The number of nitrogens with zero attached hydrogens (tertiary/aromatic N) is 5. The highest BCUT2D eigenvalue weighted by molar-refractivity contribution is 7.21. The van der Waals surface area contributed by atoms with Crippen molar-refractivity contribution in [1.29, 1.82) is 0 Å². The molecule has 0 radical (unpaired) electrons. The monoisotopic (exact) mass is 478 g/mol. The minimum absolute atomic E-state index is 0.206. The van der Waals surface area contributed by atoms with Gasteiger partial charge in [0.15, 0.2) is 0 Å². The number of aliphatic hydroxyl groups is 3. The normalized spacial score (nSPS) is 23.0. The molecule has 11 heteroatoms. The molecule has 4 rings (SSSR count). The number of aliphatic hydroxyl groups excluding tert-OH is 3. The second kappa shape index (κ2) is 8.95. The average Bonchev–Trinajstić information content (AvgIpc) is 3.28. The number of halogens is 1. The van der Waals surface area contributed by atoms with E-state index in [1.165, 1.54) is 11.3 Å². The molecule has 0 aliphatic heterocycles. The lowest BCUT2D eigenvalue weighted by Gasteiger charge is -2.21. The molecule has 0 spiro atoms. The quantitative estimate of drug-likeness (QED) is 0.395. The smallest absolute Gasteiger partial charge is 0.228 e. The van der Waals surface area contributed by atoms with Gasteiger partial charge in [-0.15, -0.1) is 11.3 Å². The number of benzene rings is 1. The summed E-state index contributed by atoms with van der Waals surface area (Å²) in [4.78, 5) is 17.6. The van der Waals surface area contributed by atoms with Crippen molar-refractivity contribution in [2.45, 2.75) is 24.7 Å². The summed E-state index contributed by atoms with van der Waals surface area (Å²) in [5, 5.41) is 34.4. The highest BCUT2D eigenvalue weighted by atomic mass is 35.5. The first-order chi connectivity index (χ1) is 15.2. The Hall–Kier alpha value is -2.24. The number of fused-ring (bicyclic) bond motifs is 1. The Labute approximate surface area is 195 Å². The van der Waals surface area contributed by atoms with Crippen LogP contribution < -0.4 is 15.1 Å². The maximum absolute atomic E-state index is 10.5. The van der Waals surface area contributed by atoms with Crippen LogP contribution in [0, 0.1) is 5.92 Å². The van der Waals surface area contributed by atoms with Crippen LogP contribution >= 0.6 is 22.9 Å². The van der Waals surface area contributed by atoms with Crippen LogP contribution in [-0.4, -0.2) is 83.3 Å². The van der Waals surface area contributed by atoms with Gasteiger partial charge in [-0.05, 0) is 24.6 Å². The summed E-state index contributed by atoms with van der Waals surface area (Å²) in [6.07, 6.45) is -1.67. The Balaban J connectivity index is 1.79. The summed E-state index contributed by atoms with van der Waals surface area (Å²) in [5.74, 6) is 0.419. The summed E-state index contributed by atoms with van der Waals surface area (Å²) in [6.45, 7) is -0.206. The molecule has 4 atom stereocenters. The molecule has 3 aromatic rings. The van der Waals surface area contributed by atoms with Gasteiger partial charge >= 0.3 is 0 Å². The van der Waals surface area contributed by atoms with E-state index >= 15 is 0 Å². The molecule has 2 aromatic heterocycles. The molecule has 1 aliphatic rings. The second-order valence-electron chi connectivity index (χ2n) is 8.41. The van der Waals surface area contributed by atoms with Crippen LogP contribution in [0.3, 0.4) is 0 Å². The lowest BCUT2D eigenvalue weighted by Crippen LogP contribution is -2.35. The van der Waals surface area contributed by atoms with E-state index in [4.69, 9.17) is 16.6 Å². The van der Waals surface area contributed by atoms with E-state index in [0.717, 1.165) is 15.9 Å². The first kappa shape index (κ1) is 22.9. The minimum atomic E-state index is -1.05. The zero-order valence-electron chi connectivity index (χ0n) is 18.3. The van der Waals surface area contributed by atoms with Gasteiger partial charge in [-0.1, -0.05) is 11.6 Å². The van der Waals surface area contributed by atoms with E-state index in [1.54, 1.807) is 4.90 Å². The van der Waals surface area contributed by atoms with Crippen LogP contribution in [-0.2, 0) is 0 Å². The maximum Gasteiger partial charge on any atom is 0.228 e. The van der Waals surface area contributed by atoms with Crippen LogP contribution in [0.4, 0.5) is 17.5 Å². The highest BCUT2D eigenvalue weighted by Crippen LogP contribution is 2.40. The topological polar surface area (TPSA) is 118 Å². The van der Waals surface area contributed by atoms with E-state index < -0.39 is 24.2 Å². The first-order valence-corrected chi connectivity index (χ1v) is 11.5. The molecule has 2 heterocycles. The van der Waals surface area contributed by atoms with E-state index in [9.17, 15) is 15.3 Å². The van der Waals surface area contributed by atoms with Crippen molar-refractivity contribution in [1.82, 2.24) is 15.0 Å². The molecule has 1 aromatic carbocycles. The molecule has 0 amide bonds. The summed E-state index contributed by atoms with van der Waals surface area (Å²) >= 11 is 8.10. The molecule has 9 nitrogen and oxygen atoms in total. The van der Waals surface area contributed by atoms with Gasteiger partial charge < -0.3 is 30.4 Å². The van der Waals surface area contributed by atoms with Crippen molar-refractivity contribution in [3.8, 4) is 10.6 Å². The fourth-order valence-corrected chi connectivity index (χ4v) is 5.15. The summed E-state index contributed by atoms with van der Waals surface area (Å²) in [5.41, 5.74) is 2.42. The number of thiazole rings is 1. The van der Waals surface area contributed by atoms with Crippen molar-refractivity contribution in [3.05, 3.63) is 23.4 Å². The average molecular weight is 479 g/mol. The zero-order valence-corrected chi connectivity index (χ0v) is 19.9. The lowest BCUT2D eigenvalue weighted by molar-refractivity contribution is 0.00446. The van der Waals surface area contributed by atoms with Crippen molar-refractivity contribution >= 4 is 50.6 Å². The van der Waals surface area contributed by atoms with Gasteiger partial charge in [0.1, 0.15) is 22.1 Å². The van der Waals surface area contributed by atoms with Crippen molar-refractivity contribution in [2.24, 2.45) is 5.92 Å². The van der Waals surface area contributed by atoms with Crippen molar-refractivity contribution < 1.29 is 15.3 Å². The molecule has 1 saturated carbocycles. The molecule has 4 N–H and O–H groups in total. The third-order valence-corrected chi connectivity index (χ3v) is 7.04. The maximum atomic E-state index is 10.5. The van der Waals surface area contributed by atoms with Gasteiger partial charge in [0.05, 0.1) is 27.9 Å². The number of aromatic nitrogens is 3. The largest absolute Gasteiger partial charge is 0.396 e. The molecular formula is C21H27ClN6O3S. The van der Waals surface area contributed by atoms with Crippen LogP contribution in [0.1, 0.15) is 6.42 Å². The lowest BCUT2D eigenvalue weighted by atomic mass is 10.1. The van der Waals surface area contributed by atoms with Gasteiger partial charge in [0, 0.05) is 46.4 Å². The predicted molar refractivity (Wildman–Crippen MR) is 129 cm³/mol. The van der Waals surface area contributed by atoms with E-state index in [2.05, 4.69) is 15.3 Å². The van der Waals surface area contributed by atoms with Gasteiger partial charge in [0.2, 0.25) is 5.95 Å². The van der Waals surface area contributed by atoms with E-state index in [0.29, 0.717) is 28.8 Å². The van der Waals surface area contributed by atoms with Crippen LogP contribution in [0.2, 0.25) is 5.15 Å². The molecule has 0 unspecified atom stereocenters. The van der Waals surface area contributed by atoms with Crippen LogP contribution in [0.5, 0.6) is 0 Å². The van der Waals surface area contributed by atoms with Crippen molar-refractivity contribution in [3.63, 3.8) is 0 Å². The zero-order chi connectivity index (χ0) is 23.2. The minimum Gasteiger partial charge on any atom is -0.396 e. The SMILES string of the molecule is CN(C)c1ccc2sc(-c3c(Cl)nc(N(C)C)nc3N[C@@H]3C[C@H](CO)[C@@H](O)[C@H]3O)nc2c1. The molecule has 172 valence electrons. The van der Waals surface area contributed by atoms with E-state index in [1.807, 2.05) is 51.3 Å². The second-order valence-corrected chi connectivity index (χ2v) is 9.80. The van der Waals surface area contributed by atoms with Crippen molar-refractivity contribution in [2.75, 3.05) is 49.9 Å². The third kappa shape index (κ3) is 4.20. The Kier molecular flexibility index (Phi) is 6.42. The fourth-order valence-electron chi connectivity index (χ4n) is 3.84. The number of nitrogens with one attached hydrogen (secondary N) is 1. The summed E-state index contributed by atoms with van der Waals surface area (Å²) in [6, 6.07) is 5.55. The first-order valence-electron chi connectivity index (χ1n) is 10.3. The Morgan fingerprint density at radius 1 is 1.09 bits per heavy atom.